The zero-order valence-electron chi connectivity index (χ0n) is 15.7. The van der Waals surface area contributed by atoms with E-state index in [-0.39, 0.29) is 24.8 Å². The van der Waals surface area contributed by atoms with E-state index in [1.54, 1.807) is 0 Å². The number of halogens is 3. The van der Waals surface area contributed by atoms with Crippen molar-refractivity contribution in [2.75, 3.05) is 24.7 Å². The number of fused-ring (bicyclic) bond motifs is 1. The van der Waals surface area contributed by atoms with Crippen LogP contribution in [0.15, 0.2) is 17.7 Å². The van der Waals surface area contributed by atoms with Crippen LogP contribution in [0, 0.1) is 24.1 Å². The molecule has 0 aromatic heterocycles. The maximum absolute atomic E-state index is 14.2. The summed E-state index contributed by atoms with van der Waals surface area (Å²) in [6.07, 6.45) is 9.85. The summed E-state index contributed by atoms with van der Waals surface area (Å²) < 4.78 is 49.1. The van der Waals surface area contributed by atoms with E-state index in [4.69, 9.17) is 11.2 Å². The van der Waals surface area contributed by atoms with Crippen molar-refractivity contribution < 1.29 is 32.5 Å². The molecule has 0 amide bonds. The monoisotopic (exact) mass is 409 g/mol. The van der Waals surface area contributed by atoms with Crippen LogP contribution in [0.25, 0.3) is 6.08 Å². The van der Waals surface area contributed by atoms with E-state index >= 15 is 0 Å². The van der Waals surface area contributed by atoms with Crippen LogP contribution in [-0.4, -0.2) is 43.5 Å². The fraction of sp³-hybridized carbons (Fsp3) is 0.476. The smallest absolute Gasteiger partial charge is 0.387 e. The highest BCUT2D eigenvalue weighted by Crippen LogP contribution is 2.39. The number of carboxylic acid groups (broad SMARTS) is 1. The van der Waals surface area contributed by atoms with Gasteiger partial charge in [0.05, 0.1) is 18.7 Å². The number of nitrogens with zero attached hydrogens (tertiary/aromatic N) is 1. The first-order valence-corrected chi connectivity index (χ1v) is 9.39. The Hall–Kier alpha value is -2.66. The number of alkyl halides is 2. The molecule has 156 valence electrons. The largest absolute Gasteiger partial charge is 0.478 e. The van der Waals surface area contributed by atoms with Gasteiger partial charge in [-0.25, -0.2) is 9.18 Å². The summed E-state index contributed by atoms with van der Waals surface area (Å²) in [6, 6.07) is 2.28. The molecule has 1 N–H and O–H groups in total. The van der Waals surface area contributed by atoms with Crippen LogP contribution in [0.1, 0.15) is 31.2 Å². The Balaban J connectivity index is 1.82. The van der Waals surface area contributed by atoms with Crippen molar-refractivity contribution in [3.05, 3.63) is 29.1 Å². The summed E-state index contributed by atoms with van der Waals surface area (Å²) in [5, 5.41) is 9.44. The van der Waals surface area contributed by atoms with Crippen LogP contribution in [-0.2, 0) is 9.53 Å². The Kier molecular flexibility index (Phi) is 6.70. The molecule has 1 aromatic rings. The molecule has 3 rings (SSSR count). The molecule has 1 saturated carbocycles. The van der Waals surface area contributed by atoms with E-state index in [0.717, 1.165) is 31.7 Å². The van der Waals surface area contributed by atoms with E-state index in [1.165, 1.54) is 12.1 Å². The molecule has 0 spiro atoms. The second-order valence-electron chi connectivity index (χ2n) is 7.22. The normalized spacial score (nSPS) is 21.3. The molecular weight excluding hydrogens is 387 g/mol. The molecule has 0 saturated heterocycles. The van der Waals surface area contributed by atoms with Crippen LogP contribution in [0.5, 0.6) is 5.75 Å². The number of benzene rings is 1. The molecular formula is C21H22F3NO4. The van der Waals surface area contributed by atoms with Gasteiger partial charge >= 0.3 is 12.6 Å². The third-order valence-electron chi connectivity index (χ3n) is 5.35. The van der Waals surface area contributed by atoms with Gasteiger partial charge in [-0.3, -0.25) is 0 Å². The van der Waals surface area contributed by atoms with E-state index < -0.39 is 24.1 Å². The van der Waals surface area contributed by atoms with Gasteiger partial charge in [0.15, 0.2) is 11.6 Å². The van der Waals surface area contributed by atoms with E-state index in [1.807, 2.05) is 4.90 Å². The number of carboxylic acids is 1. The number of aliphatic carboxylic acids is 1. The van der Waals surface area contributed by atoms with Crippen LogP contribution in [0.4, 0.5) is 18.9 Å². The summed E-state index contributed by atoms with van der Waals surface area (Å²) >= 11 is 0. The van der Waals surface area contributed by atoms with Crippen molar-refractivity contribution in [3.63, 3.8) is 0 Å². The average Bonchev–Trinajstić information content (AvgIpc) is 2.68. The average molecular weight is 409 g/mol. The fourth-order valence-electron chi connectivity index (χ4n) is 3.97. The third kappa shape index (κ3) is 5.04. The van der Waals surface area contributed by atoms with E-state index in [9.17, 15) is 23.1 Å². The van der Waals surface area contributed by atoms with Gasteiger partial charge in [-0.05, 0) is 43.7 Å². The number of rotatable bonds is 7. The summed E-state index contributed by atoms with van der Waals surface area (Å²) in [4.78, 5) is 13.4. The Morgan fingerprint density at radius 1 is 1.31 bits per heavy atom. The topological polar surface area (TPSA) is 59.0 Å². The Morgan fingerprint density at radius 3 is 2.66 bits per heavy atom. The lowest BCUT2D eigenvalue weighted by Crippen LogP contribution is -2.42. The number of hydrogen-bond acceptors (Lipinski definition) is 4. The van der Waals surface area contributed by atoms with Crippen LogP contribution < -0.4 is 9.64 Å². The predicted octanol–water partition coefficient (Wildman–Crippen LogP) is 3.92. The molecule has 5 nitrogen and oxygen atoms in total. The second kappa shape index (κ2) is 9.23. The highest BCUT2D eigenvalue weighted by molar-refractivity contribution is 5.96. The van der Waals surface area contributed by atoms with Gasteiger partial charge < -0.3 is 19.5 Å². The SMILES string of the molecule is C#CCOCC1CCC(N2CC(C(=O)O)=Cc3cc(F)c(OC(F)F)cc32)CC1. The second-order valence-corrected chi connectivity index (χ2v) is 7.22. The molecule has 1 aliphatic carbocycles. The van der Waals surface area contributed by atoms with Gasteiger partial charge in [0, 0.05) is 23.4 Å². The molecule has 0 atom stereocenters. The third-order valence-corrected chi connectivity index (χ3v) is 5.35. The fourth-order valence-corrected chi connectivity index (χ4v) is 3.97. The molecule has 1 aromatic carbocycles. The molecule has 1 fully saturated rings. The minimum atomic E-state index is -3.15. The molecule has 1 heterocycles. The molecule has 0 radical (unpaired) electrons. The first-order chi connectivity index (χ1) is 13.9. The molecule has 2 aliphatic rings. The summed E-state index contributed by atoms with van der Waals surface area (Å²) in [6.45, 7) is -2.19. The Morgan fingerprint density at radius 2 is 2.03 bits per heavy atom. The maximum atomic E-state index is 14.2. The molecule has 0 bridgehead atoms. The van der Waals surface area contributed by atoms with Crippen LogP contribution in [0.3, 0.4) is 0 Å². The van der Waals surface area contributed by atoms with Gasteiger partial charge in [-0.1, -0.05) is 5.92 Å². The summed E-state index contributed by atoms with van der Waals surface area (Å²) in [7, 11) is 0. The van der Waals surface area contributed by atoms with Gasteiger partial charge in [-0.2, -0.15) is 8.78 Å². The standard InChI is InChI=1S/C21H22F3NO4/c1-2-7-28-12-13-3-5-16(6-4-13)25-11-15(20(26)27)8-14-9-17(22)19(10-18(14)25)29-21(23)24/h1,8-10,13,16,21H,3-7,11-12H2,(H,26,27). The first kappa shape index (κ1) is 21.1. The summed E-state index contributed by atoms with van der Waals surface area (Å²) in [5.74, 6) is 0.196. The van der Waals surface area contributed by atoms with Gasteiger partial charge in [0.1, 0.15) is 6.61 Å². The van der Waals surface area contributed by atoms with Crippen molar-refractivity contribution in [1.29, 1.82) is 0 Å². The zero-order chi connectivity index (χ0) is 21.0. The minimum absolute atomic E-state index is 0.00513. The summed E-state index contributed by atoms with van der Waals surface area (Å²) in [5.41, 5.74) is 0.963. The highest BCUT2D eigenvalue weighted by Gasteiger charge is 2.32. The quantitative estimate of drug-likeness (QED) is 0.546. The Labute approximate surface area is 167 Å². The van der Waals surface area contributed by atoms with Crippen molar-refractivity contribution in [3.8, 4) is 18.1 Å². The lowest BCUT2D eigenvalue weighted by Gasteiger charge is -2.41. The van der Waals surface area contributed by atoms with Crippen LogP contribution >= 0.6 is 0 Å². The maximum Gasteiger partial charge on any atom is 0.387 e. The molecule has 29 heavy (non-hydrogen) atoms. The molecule has 1 aliphatic heterocycles. The predicted molar refractivity (Wildman–Crippen MR) is 101 cm³/mol. The van der Waals surface area contributed by atoms with Crippen molar-refractivity contribution in [2.24, 2.45) is 5.92 Å². The van der Waals surface area contributed by atoms with Crippen LogP contribution in [0.2, 0.25) is 0 Å². The number of carbonyl (C=O) groups is 1. The number of hydrogen-bond donors (Lipinski definition) is 1. The lowest BCUT2D eigenvalue weighted by molar-refractivity contribution is -0.132. The number of ether oxygens (including phenoxy) is 2. The first-order valence-electron chi connectivity index (χ1n) is 9.39. The Bertz CT molecular complexity index is 826. The van der Waals surface area contributed by atoms with E-state index in [0.29, 0.717) is 23.8 Å². The lowest BCUT2D eigenvalue weighted by atomic mass is 9.84. The number of anilines is 1. The number of terminal acetylenes is 1. The van der Waals surface area contributed by atoms with Crippen molar-refractivity contribution >= 4 is 17.7 Å². The minimum Gasteiger partial charge on any atom is -0.478 e. The van der Waals surface area contributed by atoms with Crippen molar-refractivity contribution in [2.45, 2.75) is 38.3 Å². The van der Waals surface area contributed by atoms with Gasteiger partial charge in [0.25, 0.3) is 0 Å². The molecule has 8 heteroatoms. The zero-order valence-corrected chi connectivity index (χ0v) is 15.7. The van der Waals surface area contributed by atoms with Gasteiger partial charge in [-0.15, -0.1) is 6.42 Å². The molecule has 0 unspecified atom stereocenters. The highest BCUT2D eigenvalue weighted by atomic mass is 19.3. The van der Waals surface area contributed by atoms with Crippen molar-refractivity contribution in [1.82, 2.24) is 0 Å². The van der Waals surface area contributed by atoms with Gasteiger partial charge in [0.2, 0.25) is 0 Å². The van der Waals surface area contributed by atoms with E-state index in [2.05, 4.69) is 10.7 Å².